The van der Waals surface area contributed by atoms with Crippen molar-refractivity contribution in [2.75, 3.05) is 11.9 Å². The Morgan fingerprint density at radius 2 is 2.00 bits per heavy atom. The molecule has 0 saturated carbocycles. The normalized spacial score (nSPS) is 10.5. The monoisotopic (exact) mass is 325 g/mol. The topological polar surface area (TPSA) is 104 Å². The van der Waals surface area contributed by atoms with Crippen LogP contribution in [-0.4, -0.2) is 23.3 Å². The van der Waals surface area contributed by atoms with E-state index in [-0.39, 0.29) is 18.4 Å². The highest BCUT2D eigenvalue weighted by Crippen LogP contribution is 2.15. The van der Waals surface area contributed by atoms with E-state index in [0.29, 0.717) is 22.4 Å². The third-order valence-electron chi connectivity index (χ3n) is 3.39. The Bertz CT molecular complexity index is 971. The molecule has 0 aliphatic carbocycles. The first-order valence-corrected chi connectivity index (χ1v) is 7.29. The summed E-state index contributed by atoms with van der Waals surface area (Å²) in [7, 11) is 0. The molecule has 0 saturated heterocycles. The van der Waals surface area contributed by atoms with E-state index in [9.17, 15) is 14.4 Å². The molecule has 0 radical (unpaired) electrons. The second-order valence-electron chi connectivity index (χ2n) is 5.33. The highest BCUT2D eigenvalue weighted by molar-refractivity contribution is 5.99. The Morgan fingerprint density at radius 1 is 1.17 bits per heavy atom. The molecule has 0 bridgehead atoms. The lowest BCUT2D eigenvalue weighted by atomic mass is 10.1. The number of H-pyrrole nitrogens is 1. The van der Waals surface area contributed by atoms with E-state index in [4.69, 9.17) is 4.42 Å². The number of nitrogens with one attached hydrogen (secondary N) is 3. The van der Waals surface area contributed by atoms with E-state index in [1.165, 1.54) is 0 Å². The van der Waals surface area contributed by atoms with Crippen LogP contribution < -0.4 is 16.4 Å². The molecule has 1 aromatic heterocycles. The molecule has 24 heavy (non-hydrogen) atoms. The summed E-state index contributed by atoms with van der Waals surface area (Å²) in [6.45, 7) is 1.73. The zero-order chi connectivity index (χ0) is 17.1. The minimum absolute atomic E-state index is 0.160. The van der Waals surface area contributed by atoms with E-state index >= 15 is 0 Å². The number of oxazole rings is 1. The first-order chi connectivity index (χ1) is 11.5. The maximum atomic E-state index is 12.0. The van der Waals surface area contributed by atoms with Gasteiger partial charge >= 0.3 is 5.76 Å². The fraction of sp³-hybridized carbons (Fsp3) is 0.118. The van der Waals surface area contributed by atoms with Gasteiger partial charge in [0.05, 0.1) is 12.1 Å². The Morgan fingerprint density at radius 3 is 2.79 bits per heavy atom. The van der Waals surface area contributed by atoms with Crippen molar-refractivity contribution in [1.29, 1.82) is 0 Å². The number of aryl methyl sites for hydroxylation is 1. The number of fused-ring (bicyclic) bond motifs is 1. The fourth-order valence-electron chi connectivity index (χ4n) is 2.28. The van der Waals surface area contributed by atoms with Gasteiger partial charge < -0.3 is 15.1 Å². The SMILES string of the molecule is Cc1cccc(C(=O)NCC(=O)Nc2ccc3oc(=O)[nH]c3c2)c1. The van der Waals surface area contributed by atoms with Crippen LogP contribution in [0.4, 0.5) is 5.69 Å². The van der Waals surface area contributed by atoms with Gasteiger partial charge in [0.1, 0.15) is 0 Å². The summed E-state index contributed by atoms with van der Waals surface area (Å²) in [5.74, 6) is -1.25. The number of hydrogen-bond acceptors (Lipinski definition) is 4. The summed E-state index contributed by atoms with van der Waals surface area (Å²) >= 11 is 0. The zero-order valence-corrected chi connectivity index (χ0v) is 12.9. The van der Waals surface area contributed by atoms with Crippen LogP contribution in [0.15, 0.2) is 51.7 Å². The number of benzene rings is 2. The molecule has 122 valence electrons. The lowest BCUT2D eigenvalue weighted by Crippen LogP contribution is -2.32. The van der Waals surface area contributed by atoms with Gasteiger partial charge in [-0.15, -0.1) is 0 Å². The van der Waals surface area contributed by atoms with Crippen LogP contribution >= 0.6 is 0 Å². The van der Waals surface area contributed by atoms with Gasteiger partial charge in [-0.3, -0.25) is 14.6 Å². The van der Waals surface area contributed by atoms with Gasteiger partial charge in [-0.1, -0.05) is 17.7 Å². The number of hydrogen-bond donors (Lipinski definition) is 3. The maximum absolute atomic E-state index is 12.0. The molecule has 3 rings (SSSR count). The molecule has 0 aliphatic heterocycles. The highest BCUT2D eigenvalue weighted by Gasteiger charge is 2.09. The van der Waals surface area contributed by atoms with Crippen LogP contribution in [0.2, 0.25) is 0 Å². The third kappa shape index (κ3) is 3.52. The number of carbonyl (C=O) groups is 2. The van der Waals surface area contributed by atoms with Crippen molar-refractivity contribution in [3.8, 4) is 0 Å². The Labute approximate surface area is 136 Å². The third-order valence-corrected chi connectivity index (χ3v) is 3.39. The predicted octanol–water partition coefficient (Wildman–Crippen LogP) is 1.80. The molecule has 0 aliphatic rings. The van der Waals surface area contributed by atoms with Crippen LogP contribution in [-0.2, 0) is 4.79 Å². The molecule has 0 unspecified atom stereocenters. The van der Waals surface area contributed by atoms with E-state index in [0.717, 1.165) is 5.56 Å². The van der Waals surface area contributed by atoms with Gasteiger partial charge in [0.15, 0.2) is 5.58 Å². The van der Waals surface area contributed by atoms with Gasteiger partial charge in [-0.05, 0) is 37.3 Å². The molecule has 3 aromatic rings. The number of aromatic nitrogens is 1. The summed E-state index contributed by atoms with van der Waals surface area (Å²) in [5.41, 5.74) is 2.86. The quantitative estimate of drug-likeness (QED) is 0.680. The van der Waals surface area contributed by atoms with E-state index in [1.54, 1.807) is 36.4 Å². The second-order valence-corrected chi connectivity index (χ2v) is 5.33. The summed E-state index contributed by atoms with van der Waals surface area (Å²) < 4.78 is 4.88. The predicted molar refractivity (Wildman–Crippen MR) is 89.0 cm³/mol. The Kier molecular flexibility index (Phi) is 4.15. The van der Waals surface area contributed by atoms with Crippen molar-refractivity contribution in [3.05, 3.63) is 64.1 Å². The smallest absolute Gasteiger partial charge is 0.408 e. The summed E-state index contributed by atoms with van der Waals surface area (Å²) in [5, 5.41) is 5.20. The minimum Gasteiger partial charge on any atom is -0.408 e. The Hall–Kier alpha value is -3.35. The van der Waals surface area contributed by atoms with Crippen LogP contribution in [0.1, 0.15) is 15.9 Å². The number of rotatable bonds is 4. The van der Waals surface area contributed by atoms with Crippen molar-refractivity contribution < 1.29 is 14.0 Å². The van der Waals surface area contributed by atoms with E-state index < -0.39 is 5.76 Å². The van der Waals surface area contributed by atoms with Gasteiger partial charge in [-0.2, -0.15) is 0 Å². The van der Waals surface area contributed by atoms with Crippen molar-refractivity contribution in [1.82, 2.24) is 10.3 Å². The molecule has 2 amide bonds. The molecule has 0 atom stereocenters. The molecular weight excluding hydrogens is 310 g/mol. The molecule has 7 heteroatoms. The lowest BCUT2D eigenvalue weighted by molar-refractivity contribution is -0.115. The van der Waals surface area contributed by atoms with Crippen LogP contribution in [0, 0.1) is 6.92 Å². The average Bonchev–Trinajstić information content (AvgIpc) is 2.92. The molecule has 7 nitrogen and oxygen atoms in total. The summed E-state index contributed by atoms with van der Waals surface area (Å²) in [6, 6.07) is 11.9. The van der Waals surface area contributed by atoms with Gasteiger partial charge in [0, 0.05) is 11.3 Å². The van der Waals surface area contributed by atoms with Gasteiger partial charge in [0.2, 0.25) is 5.91 Å². The van der Waals surface area contributed by atoms with Crippen molar-refractivity contribution in [3.63, 3.8) is 0 Å². The zero-order valence-electron chi connectivity index (χ0n) is 12.9. The second kappa shape index (κ2) is 6.41. The largest absolute Gasteiger partial charge is 0.417 e. The van der Waals surface area contributed by atoms with E-state index in [2.05, 4.69) is 15.6 Å². The molecular formula is C17H15N3O4. The first-order valence-electron chi connectivity index (χ1n) is 7.29. The fourth-order valence-corrected chi connectivity index (χ4v) is 2.28. The van der Waals surface area contributed by atoms with Crippen molar-refractivity contribution in [2.45, 2.75) is 6.92 Å². The average molecular weight is 325 g/mol. The van der Waals surface area contributed by atoms with Gasteiger partial charge in [-0.25, -0.2) is 4.79 Å². The number of carbonyl (C=O) groups excluding carboxylic acids is 2. The van der Waals surface area contributed by atoms with E-state index in [1.807, 2.05) is 13.0 Å². The molecule has 3 N–H and O–H groups in total. The standard InChI is InChI=1S/C17H15N3O4/c1-10-3-2-4-11(7-10)16(22)18-9-15(21)19-12-5-6-14-13(8-12)20-17(23)24-14/h2-8H,9H2,1H3,(H,18,22)(H,19,21)(H,20,23). The Balaban J connectivity index is 1.60. The first kappa shape index (κ1) is 15.5. The minimum atomic E-state index is -0.557. The molecule has 0 spiro atoms. The maximum Gasteiger partial charge on any atom is 0.417 e. The van der Waals surface area contributed by atoms with Crippen LogP contribution in [0.3, 0.4) is 0 Å². The molecule has 1 heterocycles. The molecule has 2 aromatic carbocycles. The van der Waals surface area contributed by atoms with Crippen molar-refractivity contribution >= 4 is 28.6 Å². The number of aromatic amines is 1. The summed E-state index contributed by atoms with van der Waals surface area (Å²) in [4.78, 5) is 37.5. The summed E-state index contributed by atoms with van der Waals surface area (Å²) in [6.07, 6.45) is 0. The highest BCUT2D eigenvalue weighted by atomic mass is 16.4. The van der Waals surface area contributed by atoms with Gasteiger partial charge in [0.25, 0.3) is 5.91 Å². The van der Waals surface area contributed by atoms with Crippen LogP contribution in [0.25, 0.3) is 11.1 Å². The number of amides is 2. The number of anilines is 1. The lowest BCUT2D eigenvalue weighted by Gasteiger charge is -2.07. The van der Waals surface area contributed by atoms with Crippen molar-refractivity contribution in [2.24, 2.45) is 0 Å². The molecule has 0 fully saturated rings. The van der Waals surface area contributed by atoms with Crippen LogP contribution in [0.5, 0.6) is 0 Å².